The molecule has 0 unspecified atom stereocenters. The Morgan fingerprint density at radius 2 is 1.88 bits per heavy atom. The van der Waals surface area contributed by atoms with Gasteiger partial charge in [-0.05, 0) is 49.3 Å². The number of nitrogens with one attached hydrogen (secondary N) is 2. The summed E-state index contributed by atoms with van der Waals surface area (Å²) in [5.41, 5.74) is -0.239. The van der Waals surface area contributed by atoms with E-state index in [0.29, 0.717) is 11.3 Å². The van der Waals surface area contributed by atoms with Gasteiger partial charge in [0.1, 0.15) is 0 Å². The fraction of sp³-hybridized carbons (Fsp3) is 0.526. The largest absolute Gasteiger partial charge is 0.490 e. The minimum Gasteiger partial charge on any atom is -0.475 e. The fourth-order valence-corrected chi connectivity index (χ4v) is 3.95. The lowest BCUT2D eigenvalue weighted by atomic mass is 9.57. The average molecular weight is 482 g/mol. The van der Waals surface area contributed by atoms with Gasteiger partial charge < -0.3 is 20.2 Å². The maximum absolute atomic E-state index is 13.4. The smallest absolute Gasteiger partial charge is 0.475 e. The van der Waals surface area contributed by atoms with Gasteiger partial charge in [0, 0.05) is 24.8 Å². The number of halogens is 6. The predicted octanol–water partition coefficient (Wildman–Crippen LogP) is 3.28. The molecule has 2 aliphatic rings. The molecule has 2 heterocycles. The van der Waals surface area contributed by atoms with Gasteiger partial charge in [0.05, 0.1) is 11.3 Å². The first-order valence-corrected chi connectivity index (χ1v) is 9.74. The van der Waals surface area contributed by atoms with Gasteiger partial charge in [0.2, 0.25) is 6.39 Å². The molecule has 1 aromatic heterocycles. The summed E-state index contributed by atoms with van der Waals surface area (Å²) in [7, 11) is 0. The number of rotatable bonds is 4. The number of carbonyl (C=O) groups is 1. The van der Waals surface area contributed by atoms with Gasteiger partial charge >= 0.3 is 24.1 Å². The molecule has 182 valence electrons. The first-order chi connectivity index (χ1) is 15.2. The summed E-state index contributed by atoms with van der Waals surface area (Å²) in [5.74, 6) is -3.17. The quantitative estimate of drug-likeness (QED) is 0.574. The molecule has 1 spiro atoms. The number of hydrogen-bond donors (Lipinski definition) is 3. The Morgan fingerprint density at radius 1 is 1.27 bits per heavy atom. The molecular formula is C19H20F6N4O4. The Kier molecular flexibility index (Phi) is 6.51. The molecule has 1 aromatic carbocycles. The lowest BCUT2D eigenvalue weighted by molar-refractivity contribution is -0.192. The summed E-state index contributed by atoms with van der Waals surface area (Å²) in [5, 5.41) is 17.1. The number of benzene rings is 1. The summed E-state index contributed by atoms with van der Waals surface area (Å²) in [6.07, 6.45) is -6.60. The molecule has 0 amide bonds. The first kappa shape index (κ1) is 24.6. The van der Waals surface area contributed by atoms with Crippen molar-refractivity contribution in [3.63, 3.8) is 0 Å². The Morgan fingerprint density at radius 3 is 2.30 bits per heavy atom. The number of anilines is 1. The maximum Gasteiger partial charge on any atom is 0.490 e. The lowest BCUT2D eigenvalue weighted by Crippen LogP contribution is -2.62. The first-order valence-electron chi connectivity index (χ1n) is 9.74. The molecule has 0 radical (unpaired) electrons. The van der Waals surface area contributed by atoms with Gasteiger partial charge in [0.15, 0.2) is 0 Å². The Labute approximate surface area is 182 Å². The Hall–Kier alpha value is -3.03. The van der Waals surface area contributed by atoms with E-state index in [1.165, 1.54) is 12.1 Å². The van der Waals surface area contributed by atoms with E-state index < -0.39 is 29.6 Å². The van der Waals surface area contributed by atoms with Gasteiger partial charge in [-0.25, -0.2) is 9.59 Å². The molecule has 3 N–H and O–H groups in total. The minimum absolute atomic E-state index is 0.0508. The van der Waals surface area contributed by atoms with Crippen molar-refractivity contribution in [3.05, 3.63) is 40.7 Å². The van der Waals surface area contributed by atoms with Crippen LogP contribution in [0.15, 0.2) is 33.8 Å². The summed E-state index contributed by atoms with van der Waals surface area (Å²) >= 11 is 0. The zero-order valence-corrected chi connectivity index (χ0v) is 17.1. The van der Waals surface area contributed by atoms with Crippen LogP contribution < -0.4 is 16.4 Å². The van der Waals surface area contributed by atoms with Crippen LogP contribution in [-0.2, 0) is 11.0 Å². The van der Waals surface area contributed by atoms with Crippen LogP contribution in [0.3, 0.4) is 0 Å². The lowest BCUT2D eigenvalue weighted by Gasteiger charge is -2.56. The van der Waals surface area contributed by atoms with Crippen molar-refractivity contribution in [3.8, 4) is 5.69 Å². The van der Waals surface area contributed by atoms with Crippen molar-refractivity contribution < 1.29 is 40.7 Å². The topological polar surface area (TPSA) is 109 Å². The van der Waals surface area contributed by atoms with Crippen LogP contribution in [0.4, 0.5) is 32.0 Å². The monoisotopic (exact) mass is 482 g/mol. The zero-order valence-electron chi connectivity index (χ0n) is 17.1. The normalized spacial score (nSPS) is 18.5. The third-order valence-electron chi connectivity index (χ3n) is 5.77. The molecule has 4 rings (SSSR count). The van der Waals surface area contributed by atoms with Crippen LogP contribution in [-0.4, -0.2) is 46.2 Å². The van der Waals surface area contributed by atoms with Gasteiger partial charge in [-0.3, -0.25) is 0 Å². The van der Waals surface area contributed by atoms with Crippen LogP contribution in [0, 0.1) is 11.3 Å². The van der Waals surface area contributed by atoms with E-state index in [-0.39, 0.29) is 17.4 Å². The highest BCUT2D eigenvalue weighted by atomic mass is 19.4. The average Bonchev–Trinajstić information content (AvgIpc) is 3.04. The van der Waals surface area contributed by atoms with Crippen LogP contribution in [0.1, 0.15) is 25.3 Å². The third-order valence-corrected chi connectivity index (χ3v) is 5.77. The highest BCUT2D eigenvalue weighted by Crippen LogP contribution is 2.50. The molecule has 2 fully saturated rings. The summed E-state index contributed by atoms with van der Waals surface area (Å²) in [6.45, 7) is 3.89. The van der Waals surface area contributed by atoms with Crippen molar-refractivity contribution in [2.75, 3.05) is 18.4 Å². The number of carboxylic acids is 1. The van der Waals surface area contributed by atoms with Gasteiger partial charge in [0.25, 0.3) is 0 Å². The van der Waals surface area contributed by atoms with Crippen molar-refractivity contribution in [2.24, 2.45) is 11.3 Å². The molecule has 2 aromatic rings. The van der Waals surface area contributed by atoms with Gasteiger partial charge in [-0.15, -0.1) is 5.10 Å². The second kappa shape index (κ2) is 8.72. The van der Waals surface area contributed by atoms with Crippen molar-refractivity contribution in [1.82, 2.24) is 15.1 Å². The Bertz CT molecular complexity index is 1050. The summed E-state index contributed by atoms with van der Waals surface area (Å²) in [4.78, 5) is 20.5. The van der Waals surface area contributed by atoms with E-state index in [1.54, 1.807) is 0 Å². The molecule has 33 heavy (non-hydrogen) atoms. The van der Waals surface area contributed by atoms with Crippen LogP contribution in [0.25, 0.3) is 5.69 Å². The zero-order chi connectivity index (χ0) is 24.6. The van der Waals surface area contributed by atoms with E-state index in [2.05, 4.69) is 20.1 Å². The van der Waals surface area contributed by atoms with E-state index in [9.17, 15) is 31.1 Å². The maximum atomic E-state index is 13.4. The summed E-state index contributed by atoms with van der Waals surface area (Å²) < 4.78 is 77.4. The predicted molar refractivity (Wildman–Crippen MR) is 102 cm³/mol. The molecule has 1 aliphatic heterocycles. The molecular weight excluding hydrogens is 462 g/mol. The number of aliphatic carboxylic acids is 1. The van der Waals surface area contributed by atoms with Crippen LogP contribution >= 0.6 is 0 Å². The molecule has 1 atom stereocenters. The second-order valence-corrected chi connectivity index (χ2v) is 8.15. The molecule has 1 saturated carbocycles. The van der Waals surface area contributed by atoms with E-state index >= 15 is 0 Å². The highest BCUT2D eigenvalue weighted by Gasteiger charge is 2.50. The molecule has 8 nitrogen and oxygen atoms in total. The standard InChI is InChI=1S/C17H19F3N4O2.C2HF3O2/c1-10(11-5-16(6-11)7-21-8-16)23-14-4-12(24-15(25)26-9-22-24)2-3-13(14)17(18,19)20;3-2(4,5)1(6)7/h2-4,9-11,21,23H,5-8H2,1H3;(H,6,7)/t10-;/m0./s1. The molecule has 14 heteroatoms. The number of aromatic nitrogens is 2. The van der Waals surface area contributed by atoms with Gasteiger partial charge in [-0.1, -0.05) is 0 Å². The Balaban J connectivity index is 0.000000383. The molecule has 0 bridgehead atoms. The van der Waals surface area contributed by atoms with Crippen LogP contribution in [0.5, 0.6) is 0 Å². The SMILES string of the molecule is C[C@H](Nc1cc(-n2ncoc2=O)ccc1C(F)(F)F)C1CC2(CNC2)C1.O=C(O)C(F)(F)F. The van der Waals surface area contributed by atoms with E-state index in [1.807, 2.05) is 6.92 Å². The number of nitrogens with zero attached hydrogens (tertiary/aromatic N) is 2. The molecule has 1 aliphatic carbocycles. The second-order valence-electron chi connectivity index (χ2n) is 8.15. The minimum atomic E-state index is -5.08. The van der Waals surface area contributed by atoms with Crippen molar-refractivity contribution >= 4 is 11.7 Å². The van der Waals surface area contributed by atoms with Crippen molar-refractivity contribution in [2.45, 2.75) is 38.2 Å². The summed E-state index contributed by atoms with van der Waals surface area (Å²) in [6, 6.07) is 3.36. The third kappa shape index (κ3) is 5.49. The van der Waals surface area contributed by atoms with E-state index in [0.717, 1.165) is 43.1 Å². The number of alkyl halides is 6. The van der Waals surface area contributed by atoms with Crippen molar-refractivity contribution in [1.29, 1.82) is 0 Å². The highest BCUT2D eigenvalue weighted by molar-refractivity contribution is 5.73. The van der Waals surface area contributed by atoms with Gasteiger partial charge in [-0.2, -0.15) is 31.0 Å². The van der Waals surface area contributed by atoms with E-state index in [4.69, 9.17) is 9.90 Å². The number of hydrogen-bond acceptors (Lipinski definition) is 6. The van der Waals surface area contributed by atoms with Crippen LogP contribution in [0.2, 0.25) is 0 Å². The number of carboxylic acid groups (broad SMARTS) is 1. The molecule has 1 saturated heterocycles. The fourth-order valence-electron chi connectivity index (χ4n) is 3.95.